The minimum absolute atomic E-state index is 0.0439. The van der Waals surface area contributed by atoms with E-state index in [1.807, 2.05) is 49.8 Å². The van der Waals surface area contributed by atoms with Crippen molar-refractivity contribution in [1.82, 2.24) is 19.6 Å². The van der Waals surface area contributed by atoms with E-state index in [-0.39, 0.29) is 23.4 Å². The molecule has 0 saturated carbocycles. The topological polar surface area (TPSA) is 121 Å². The van der Waals surface area contributed by atoms with Gasteiger partial charge in [-0.2, -0.15) is 14.9 Å². The number of nitrogens with zero attached hydrogens (tertiary/aromatic N) is 5. The van der Waals surface area contributed by atoms with Gasteiger partial charge in [0.15, 0.2) is 0 Å². The molecule has 2 aliphatic heterocycles. The summed E-state index contributed by atoms with van der Waals surface area (Å²) < 4.78 is 24.1. The lowest BCUT2D eigenvalue weighted by Crippen LogP contribution is -2.24. The first-order chi connectivity index (χ1) is 21.6. The number of aliphatic imine (C=N–C) groups is 1. The van der Waals surface area contributed by atoms with Gasteiger partial charge in [-0.3, -0.25) is 14.5 Å². The summed E-state index contributed by atoms with van der Waals surface area (Å²) in [6.07, 6.45) is 7.25. The lowest BCUT2D eigenvalue weighted by atomic mass is 9.86. The Morgan fingerprint density at radius 2 is 1.80 bits per heavy atom. The Morgan fingerprint density at radius 3 is 2.56 bits per heavy atom. The number of halogens is 1. The van der Waals surface area contributed by atoms with Crippen molar-refractivity contribution >= 4 is 16.6 Å². The van der Waals surface area contributed by atoms with Crippen molar-refractivity contribution in [2.75, 3.05) is 13.2 Å². The molecule has 0 radical (unpaired) electrons. The summed E-state index contributed by atoms with van der Waals surface area (Å²) in [7, 11) is 0. The van der Waals surface area contributed by atoms with Gasteiger partial charge >= 0.3 is 0 Å². The van der Waals surface area contributed by atoms with Gasteiger partial charge in [-0.05, 0) is 76.4 Å². The lowest BCUT2D eigenvalue weighted by molar-refractivity contribution is 0.0662. The molecule has 9 nitrogen and oxygen atoms in total. The Kier molecular flexibility index (Phi) is 7.13. The SMILES string of the molecule is CC(C)(C)c1cc(F)c2c(=O)n(-c3cccc(-c4cc5c(c(-c6cnn(C7CCOCC7)c6)c4)CN=C5N)c3CO)ncc2c1. The smallest absolute Gasteiger partial charge is 0.282 e. The zero-order valence-electron chi connectivity index (χ0n) is 25.5. The number of aliphatic hydroxyl groups is 1. The van der Waals surface area contributed by atoms with Gasteiger partial charge < -0.3 is 15.6 Å². The van der Waals surface area contributed by atoms with Crippen molar-refractivity contribution in [2.45, 2.75) is 58.2 Å². The standard InChI is InChI=1S/C35H35FN6O3/c1-35(2,3)23-11-21-15-40-42(34(44)32(21)30(36)14-23)31-6-4-5-25(29(31)19-43)20-12-26(28-17-38-33(37)27(28)13-20)22-16-39-41(18-22)24-7-9-45-10-8-24/h4-6,11-16,18,24,43H,7-10,17,19H2,1-3H3,(H2,37,38). The summed E-state index contributed by atoms with van der Waals surface area (Å²) in [6, 6.07) is 12.9. The number of rotatable bonds is 5. The van der Waals surface area contributed by atoms with Crippen molar-refractivity contribution in [3.05, 3.63) is 99.5 Å². The number of aliphatic hydroxyl groups excluding tert-OH is 1. The third-order valence-electron chi connectivity index (χ3n) is 8.96. The van der Waals surface area contributed by atoms with E-state index in [9.17, 15) is 9.90 Å². The van der Waals surface area contributed by atoms with Crippen LogP contribution in [0.15, 0.2) is 70.8 Å². The van der Waals surface area contributed by atoms with E-state index >= 15 is 4.39 Å². The fourth-order valence-electron chi connectivity index (χ4n) is 6.41. The van der Waals surface area contributed by atoms with Crippen molar-refractivity contribution in [1.29, 1.82) is 0 Å². The molecule has 4 heterocycles. The Morgan fingerprint density at radius 1 is 1.02 bits per heavy atom. The highest BCUT2D eigenvalue weighted by atomic mass is 19.1. The summed E-state index contributed by atoms with van der Waals surface area (Å²) in [5.41, 5.74) is 12.3. The maximum Gasteiger partial charge on any atom is 0.282 e. The van der Waals surface area contributed by atoms with Crippen molar-refractivity contribution in [3.8, 4) is 27.9 Å². The molecule has 7 rings (SSSR count). The van der Waals surface area contributed by atoms with Crippen molar-refractivity contribution < 1.29 is 14.2 Å². The maximum absolute atomic E-state index is 15.4. The van der Waals surface area contributed by atoms with E-state index in [2.05, 4.69) is 27.5 Å². The first-order valence-corrected chi connectivity index (χ1v) is 15.2. The molecule has 0 atom stereocenters. The van der Waals surface area contributed by atoms with Crippen LogP contribution in [0.3, 0.4) is 0 Å². The number of fused-ring (bicyclic) bond motifs is 2. The van der Waals surface area contributed by atoms with Crippen LogP contribution >= 0.6 is 0 Å². The average molecular weight is 607 g/mol. The summed E-state index contributed by atoms with van der Waals surface area (Å²) in [4.78, 5) is 18.2. The zero-order chi connectivity index (χ0) is 31.5. The molecule has 3 N–H and O–H groups in total. The molecule has 2 aliphatic rings. The fraction of sp³-hybridized carbons (Fsp3) is 0.314. The molecular weight excluding hydrogens is 571 g/mol. The summed E-state index contributed by atoms with van der Waals surface area (Å²) in [5, 5.41) is 20.2. The summed E-state index contributed by atoms with van der Waals surface area (Å²) in [6.45, 7) is 7.49. The van der Waals surface area contributed by atoms with Crippen LogP contribution < -0.4 is 11.3 Å². The zero-order valence-corrected chi connectivity index (χ0v) is 25.5. The Balaban J connectivity index is 1.36. The van der Waals surface area contributed by atoms with E-state index in [1.165, 1.54) is 16.9 Å². The Hall–Kier alpha value is -4.67. The van der Waals surface area contributed by atoms with E-state index in [1.54, 1.807) is 12.1 Å². The minimum Gasteiger partial charge on any atom is -0.392 e. The van der Waals surface area contributed by atoms with Gasteiger partial charge in [0.2, 0.25) is 0 Å². The number of hydrogen-bond acceptors (Lipinski definition) is 7. The molecule has 230 valence electrons. The van der Waals surface area contributed by atoms with E-state index < -0.39 is 11.4 Å². The second kappa shape index (κ2) is 11.0. The van der Waals surface area contributed by atoms with Crippen LogP contribution in [-0.2, 0) is 23.3 Å². The summed E-state index contributed by atoms with van der Waals surface area (Å²) in [5.74, 6) is -0.149. The summed E-state index contributed by atoms with van der Waals surface area (Å²) >= 11 is 0. The van der Waals surface area contributed by atoms with Crippen LogP contribution in [0.25, 0.3) is 38.7 Å². The first-order valence-electron chi connectivity index (χ1n) is 15.2. The highest BCUT2D eigenvalue weighted by Gasteiger charge is 2.25. The number of ether oxygens (including phenoxy) is 1. The quantitative estimate of drug-likeness (QED) is 0.276. The van der Waals surface area contributed by atoms with E-state index in [0.717, 1.165) is 59.4 Å². The number of hydrogen-bond donors (Lipinski definition) is 2. The number of benzene rings is 3. The average Bonchev–Trinajstić information content (AvgIpc) is 3.67. The third kappa shape index (κ3) is 5.04. The normalized spacial score (nSPS) is 15.4. The highest BCUT2D eigenvalue weighted by molar-refractivity contribution is 6.04. The molecule has 0 bridgehead atoms. The van der Waals surface area contributed by atoms with Crippen LogP contribution in [0.4, 0.5) is 4.39 Å². The molecule has 5 aromatic rings. The molecule has 1 saturated heterocycles. The Bertz CT molecular complexity index is 2050. The van der Waals surface area contributed by atoms with Gasteiger partial charge in [-0.1, -0.05) is 32.9 Å². The van der Waals surface area contributed by atoms with Gasteiger partial charge in [-0.25, -0.2) is 4.39 Å². The molecular formula is C35H35FN6O3. The van der Waals surface area contributed by atoms with Crippen LogP contribution in [-0.4, -0.2) is 43.7 Å². The van der Waals surface area contributed by atoms with Crippen LogP contribution in [0.5, 0.6) is 0 Å². The lowest BCUT2D eigenvalue weighted by Gasteiger charge is -2.22. The molecule has 0 amide bonds. The minimum atomic E-state index is -0.598. The van der Waals surface area contributed by atoms with E-state index in [0.29, 0.717) is 34.6 Å². The second-order valence-electron chi connectivity index (χ2n) is 12.8. The number of amidine groups is 1. The molecule has 0 aliphatic carbocycles. The molecule has 45 heavy (non-hydrogen) atoms. The van der Waals surface area contributed by atoms with Crippen LogP contribution in [0.1, 0.15) is 61.9 Å². The first kappa shape index (κ1) is 29.1. The molecule has 10 heteroatoms. The molecule has 1 fully saturated rings. The predicted molar refractivity (Wildman–Crippen MR) is 172 cm³/mol. The second-order valence-corrected chi connectivity index (χ2v) is 12.8. The molecule has 0 spiro atoms. The molecule has 2 aromatic heterocycles. The van der Waals surface area contributed by atoms with Gasteiger partial charge in [0.05, 0.1) is 42.7 Å². The van der Waals surface area contributed by atoms with E-state index in [4.69, 9.17) is 10.5 Å². The van der Waals surface area contributed by atoms with Gasteiger partial charge in [0.25, 0.3) is 5.56 Å². The monoisotopic (exact) mass is 606 g/mol. The van der Waals surface area contributed by atoms with Crippen LogP contribution in [0, 0.1) is 5.82 Å². The predicted octanol–water partition coefficient (Wildman–Crippen LogP) is 5.42. The number of aromatic nitrogens is 4. The van der Waals surface area contributed by atoms with Gasteiger partial charge in [0, 0.05) is 41.5 Å². The van der Waals surface area contributed by atoms with Crippen molar-refractivity contribution in [3.63, 3.8) is 0 Å². The van der Waals surface area contributed by atoms with Gasteiger partial charge in [0.1, 0.15) is 11.7 Å². The highest BCUT2D eigenvalue weighted by Crippen LogP contribution is 2.38. The number of nitrogens with two attached hydrogens (primary N) is 1. The third-order valence-corrected chi connectivity index (χ3v) is 8.96. The molecule has 3 aromatic carbocycles. The maximum atomic E-state index is 15.4. The van der Waals surface area contributed by atoms with Crippen LogP contribution in [0.2, 0.25) is 0 Å². The molecule has 0 unspecified atom stereocenters. The Labute approximate surface area is 259 Å². The van der Waals surface area contributed by atoms with Crippen molar-refractivity contribution in [2.24, 2.45) is 10.7 Å². The van der Waals surface area contributed by atoms with Gasteiger partial charge in [-0.15, -0.1) is 0 Å². The fourth-order valence-corrected chi connectivity index (χ4v) is 6.41. The largest absolute Gasteiger partial charge is 0.392 e.